The van der Waals surface area contributed by atoms with Gasteiger partial charge in [0.25, 0.3) is 0 Å². The van der Waals surface area contributed by atoms with E-state index in [1.807, 2.05) is 13.0 Å². The van der Waals surface area contributed by atoms with Gasteiger partial charge in [0.1, 0.15) is 0 Å². The van der Waals surface area contributed by atoms with Gasteiger partial charge >= 0.3 is 0 Å². The van der Waals surface area contributed by atoms with Crippen LogP contribution in [0.2, 0.25) is 0 Å². The minimum absolute atomic E-state index is 0.114. The molecule has 0 radical (unpaired) electrons. The van der Waals surface area contributed by atoms with Crippen LogP contribution in [0.1, 0.15) is 37.8 Å². The Kier molecular flexibility index (Phi) is 5.69. The molecule has 0 aliphatic carbocycles. The van der Waals surface area contributed by atoms with Crippen molar-refractivity contribution in [3.63, 3.8) is 0 Å². The predicted octanol–water partition coefficient (Wildman–Crippen LogP) is 3.02. The summed E-state index contributed by atoms with van der Waals surface area (Å²) in [4.78, 5) is 11.6. The summed E-state index contributed by atoms with van der Waals surface area (Å²) in [6, 6.07) is 6.46. The maximum Gasteiger partial charge on any atom is 0.221 e. The molecular formula is C15H24N2O. The fourth-order valence-electron chi connectivity index (χ4n) is 1.84. The van der Waals surface area contributed by atoms with E-state index in [1.165, 1.54) is 11.1 Å². The van der Waals surface area contributed by atoms with Crippen molar-refractivity contribution in [2.24, 2.45) is 0 Å². The Morgan fingerprint density at radius 3 is 2.44 bits per heavy atom. The number of amides is 1. The third-order valence-electron chi connectivity index (χ3n) is 3.15. The van der Waals surface area contributed by atoms with Gasteiger partial charge in [-0.3, -0.25) is 4.79 Å². The van der Waals surface area contributed by atoms with Crippen LogP contribution in [0.5, 0.6) is 0 Å². The summed E-state index contributed by atoms with van der Waals surface area (Å²) in [7, 11) is 0. The van der Waals surface area contributed by atoms with E-state index in [0.29, 0.717) is 13.0 Å². The Bertz CT molecular complexity index is 381. The molecule has 3 heteroatoms. The summed E-state index contributed by atoms with van der Waals surface area (Å²) in [6.45, 7) is 8.92. The topological polar surface area (TPSA) is 41.1 Å². The first-order chi connectivity index (χ1) is 8.54. The van der Waals surface area contributed by atoms with Crippen molar-refractivity contribution < 1.29 is 4.79 Å². The number of anilines is 1. The molecule has 18 heavy (non-hydrogen) atoms. The maximum absolute atomic E-state index is 11.6. The van der Waals surface area contributed by atoms with E-state index in [0.717, 1.165) is 12.1 Å². The highest BCUT2D eigenvalue weighted by molar-refractivity contribution is 5.76. The molecule has 3 nitrogen and oxygen atoms in total. The molecular weight excluding hydrogens is 224 g/mol. The van der Waals surface area contributed by atoms with E-state index in [9.17, 15) is 4.79 Å². The van der Waals surface area contributed by atoms with E-state index in [1.54, 1.807) is 0 Å². The van der Waals surface area contributed by atoms with Gasteiger partial charge in [-0.1, -0.05) is 25.1 Å². The molecule has 0 bridgehead atoms. The van der Waals surface area contributed by atoms with Gasteiger partial charge in [-0.15, -0.1) is 0 Å². The molecule has 0 aromatic heterocycles. The number of carbonyl (C=O) groups excluding carboxylic acids is 1. The van der Waals surface area contributed by atoms with E-state index < -0.39 is 0 Å². The molecule has 1 aromatic rings. The van der Waals surface area contributed by atoms with E-state index in [4.69, 9.17) is 0 Å². The number of hydrogen-bond donors (Lipinski definition) is 2. The monoisotopic (exact) mass is 248 g/mol. The fourth-order valence-corrected chi connectivity index (χ4v) is 1.84. The molecule has 0 saturated heterocycles. The van der Waals surface area contributed by atoms with Crippen molar-refractivity contribution in [3.8, 4) is 0 Å². The van der Waals surface area contributed by atoms with Crippen molar-refractivity contribution in [2.45, 2.75) is 46.6 Å². The zero-order chi connectivity index (χ0) is 13.5. The standard InChI is InChI=1S/C15H24N2O/c1-5-13(4)17-14(18)9-10-16-15-11(2)7-6-8-12(15)3/h6-8,13,16H,5,9-10H2,1-4H3,(H,17,18). The van der Waals surface area contributed by atoms with E-state index in [-0.39, 0.29) is 11.9 Å². The second kappa shape index (κ2) is 7.04. The molecule has 1 aromatic carbocycles. The van der Waals surface area contributed by atoms with Crippen molar-refractivity contribution in [1.82, 2.24) is 5.32 Å². The molecule has 2 N–H and O–H groups in total. The van der Waals surface area contributed by atoms with E-state index in [2.05, 4.69) is 43.5 Å². The molecule has 100 valence electrons. The zero-order valence-electron chi connectivity index (χ0n) is 11.8. The third kappa shape index (κ3) is 4.40. The van der Waals surface area contributed by atoms with Gasteiger partial charge in [0.15, 0.2) is 0 Å². The average molecular weight is 248 g/mol. The van der Waals surface area contributed by atoms with Gasteiger partial charge in [0.2, 0.25) is 5.91 Å². The molecule has 1 rings (SSSR count). The number of benzene rings is 1. The summed E-state index contributed by atoms with van der Waals surface area (Å²) in [5.74, 6) is 0.114. The second-order valence-electron chi connectivity index (χ2n) is 4.82. The highest BCUT2D eigenvalue weighted by atomic mass is 16.1. The highest BCUT2D eigenvalue weighted by Gasteiger charge is 2.06. The van der Waals surface area contributed by atoms with Crippen LogP contribution >= 0.6 is 0 Å². The Morgan fingerprint density at radius 1 is 1.28 bits per heavy atom. The van der Waals surface area contributed by atoms with Gasteiger partial charge < -0.3 is 10.6 Å². The normalized spacial score (nSPS) is 12.0. The number of nitrogens with one attached hydrogen (secondary N) is 2. The van der Waals surface area contributed by atoms with Crippen molar-refractivity contribution in [3.05, 3.63) is 29.3 Å². The smallest absolute Gasteiger partial charge is 0.221 e. The van der Waals surface area contributed by atoms with E-state index >= 15 is 0 Å². The Labute approximate surface area is 110 Å². The Balaban J connectivity index is 2.40. The van der Waals surface area contributed by atoms with Gasteiger partial charge in [0.05, 0.1) is 0 Å². The van der Waals surface area contributed by atoms with Gasteiger partial charge in [-0.25, -0.2) is 0 Å². The Morgan fingerprint density at radius 2 is 1.89 bits per heavy atom. The highest BCUT2D eigenvalue weighted by Crippen LogP contribution is 2.18. The van der Waals surface area contributed by atoms with Crippen LogP contribution in [-0.2, 0) is 4.79 Å². The predicted molar refractivity (Wildman–Crippen MR) is 76.9 cm³/mol. The average Bonchev–Trinajstić information content (AvgIpc) is 2.32. The number of carbonyl (C=O) groups is 1. The minimum atomic E-state index is 0.114. The van der Waals surface area contributed by atoms with Crippen LogP contribution < -0.4 is 10.6 Å². The fraction of sp³-hybridized carbons (Fsp3) is 0.533. The first kappa shape index (κ1) is 14.6. The van der Waals surface area contributed by atoms with Crippen LogP contribution in [0.15, 0.2) is 18.2 Å². The van der Waals surface area contributed by atoms with Crippen LogP contribution in [0.3, 0.4) is 0 Å². The lowest BCUT2D eigenvalue weighted by atomic mass is 10.1. The summed E-state index contributed by atoms with van der Waals surface area (Å²) in [5.41, 5.74) is 3.59. The number of para-hydroxylation sites is 1. The van der Waals surface area contributed by atoms with Gasteiger partial charge in [-0.05, 0) is 38.3 Å². The van der Waals surface area contributed by atoms with Gasteiger partial charge in [-0.2, -0.15) is 0 Å². The van der Waals surface area contributed by atoms with Crippen LogP contribution in [0, 0.1) is 13.8 Å². The van der Waals surface area contributed by atoms with Crippen molar-refractivity contribution in [2.75, 3.05) is 11.9 Å². The zero-order valence-corrected chi connectivity index (χ0v) is 11.8. The third-order valence-corrected chi connectivity index (χ3v) is 3.15. The van der Waals surface area contributed by atoms with Crippen LogP contribution in [0.25, 0.3) is 0 Å². The molecule has 0 aliphatic heterocycles. The molecule has 0 heterocycles. The molecule has 1 atom stereocenters. The van der Waals surface area contributed by atoms with Crippen molar-refractivity contribution >= 4 is 11.6 Å². The minimum Gasteiger partial charge on any atom is -0.384 e. The summed E-state index contributed by atoms with van der Waals surface area (Å²) in [6.07, 6.45) is 1.48. The number of rotatable bonds is 6. The molecule has 0 fully saturated rings. The molecule has 1 unspecified atom stereocenters. The number of aryl methyl sites for hydroxylation is 2. The molecule has 0 saturated carbocycles. The SMILES string of the molecule is CCC(C)NC(=O)CCNc1c(C)cccc1C. The quantitative estimate of drug-likeness (QED) is 0.812. The molecule has 0 aliphatic rings. The van der Waals surface area contributed by atoms with Crippen LogP contribution in [-0.4, -0.2) is 18.5 Å². The molecule has 0 spiro atoms. The number of hydrogen-bond acceptors (Lipinski definition) is 2. The largest absolute Gasteiger partial charge is 0.384 e. The maximum atomic E-state index is 11.6. The first-order valence-electron chi connectivity index (χ1n) is 6.64. The van der Waals surface area contributed by atoms with Gasteiger partial charge in [0, 0.05) is 24.7 Å². The summed E-state index contributed by atoms with van der Waals surface area (Å²) in [5, 5.41) is 6.31. The molecule has 1 amide bonds. The Hall–Kier alpha value is -1.51. The van der Waals surface area contributed by atoms with Crippen LogP contribution in [0.4, 0.5) is 5.69 Å². The first-order valence-corrected chi connectivity index (χ1v) is 6.64. The second-order valence-corrected chi connectivity index (χ2v) is 4.82. The summed E-state index contributed by atoms with van der Waals surface area (Å²) >= 11 is 0. The van der Waals surface area contributed by atoms with Crippen molar-refractivity contribution in [1.29, 1.82) is 0 Å². The summed E-state index contributed by atoms with van der Waals surface area (Å²) < 4.78 is 0. The lowest BCUT2D eigenvalue weighted by molar-refractivity contribution is -0.121. The lowest BCUT2D eigenvalue weighted by Gasteiger charge is -2.14. The lowest BCUT2D eigenvalue weighted by Crippen LogP contribution is -2.33.